The molecule has 0 unspecified atom stereocenters. The van der Waals surface area contributed by atoms with E-state index in [1.807, 2.05) is 18.4 Å². The molecular weight excluding hydrogens is 308 g/mol. The summed E-state index contributed by atoms with van der Waals surface area (Å²) in [4.78, 5) is 28.9. The molecule has 0 amide bonds. The summed E-state index contributed by atoms with van der Waals surface area (Å²) in [6, 6.07) is 0. The second-order valence-electron chi connectivity index (χ2n) is 6.47. The van der Waals surface area contributed by atoms with E-state index in [-0.39, 0.29) is 11.0 Å². The Morgan fingerprint density at radius 1 is 1.17 bits per heavy atom. The fraction of sp³-hybridized carbons (Fsp3) is 0.294. The normalized spacial score (nSPS) is 12.3. The van der Waals surface area contributed by atoms with E-state index in [4.69, 9.17) is 0 Å². The van der Waals surface area contributed by atoms with Gasteiger partial charge in [0.1, 0.15) is 16.5 Å². The molecule has 0 atom stereocenters. The number of nitrogens with one attached hydrogen (secondary N) is 1. The van der Waals surface area contributed by atoms with Gasteiger partial charge in [0.2, 0.25) is 0 Å². The van der Waals surface area contributed by atoms with Crippen LogP contribution in [0.25, 0.3) is 22.4 Å². The lowest BCUT2D eigenvalue weighted by Crippen LogP contribution is -2.15. The minimum absolute atomic E-state index is 0.0723. The van der Waals surface area contributed by atoms with E-state index in [2.05, 4.69) is 40.7 Å². The van der Waals surface area contributed by atoms with Crippen LogP contribution in [0.4, 0.5) is 0 Å². The zero-order chi connectivity index (χ0) is 16.6. The predicted octanol–water partition coefficient (Wildman–Crippen LogP) is 3.55. The fourth-order valence-electron chi connectivity index (χ4n) is 2.17. The van der Waals surface area contributed by atoms with Crippen molar-refractivity contribution < 1.29 is 0 Å². The lowest BCUT2D eigenvalue weighted by atomic mass is 9.96. The summed E-state index contributed by atoms with van der Waals surface area (Å²) in [6.45, 7) is 8.14. The van der Waals surface area contributed by atoms with Gasteiger partial charge in [-0.3, -0.25) is 4.79 Å². The van der Waals surface area contributed by atoms with Gasteiger partial charge in [-0.05, 0) is 30.0 Å². The van der Waals surface area contributed by atoms with Crippen LogP contribution >= 0.6 is 11.3 Å². The van der Waals surface area contributed by atoms with E-state index in [9.17, 15) is 4.79 Å². The van der Waals surface area contributed by atoms with Crippen molar-refractivity contribution in [2.75, 3.05) is 0 Å². The largest absolute Gasteiger partial charge is 0.306 e. The average molecular weight is 326 g/mol. The minimum Gasteiger partial charge on any atom is -0.306 e. The van der Waals surface area contributed by atoms with Gasteiger partial charge in [0.15, 0.2) is 0 Å². The van der Waals surface area contributed by atoms with E-state index in [1.165, 1.54) is 11.3 Å². The Morgan fingerprint density at radius 3 is 2.52 bits per heavy atom. The van der Waals surface area contributed by atoms with Crippen molar-refractivity contribution in [1.82, 2.24) is 19.9 Å². The molecule has 3 heterocycles. The first-order valence-corrected chi connectivity index (χ1v) is 8.21. The highest BCUT2D eigenvalue weighted by Crippen LogP contribution is 2.20. The fourth-order valence-corrected chi connectivity index (χ4v) is 3.10. The maximum absolute atomic E-state index is 12.1. The summed E-state index contributed by atoms with van der Waals surface area (Å²) < 4.78 is 0. The Morgan fingerprint density at radius 2 is 1.87 bits per heavy atom. The van der Waals surface area contributed by atoms with E-state index < -0.39 is 0 Å². The number of aromatic amines is 1. The average Bonchev–Trinajstić information content (AvgIpc) is 2.86. The first-order chi connectivity index (χ1) is 10.8. The van der Waals surface area contributed by atoms with Crippen molar-refractivity contribution in [2.45, 2.75) is 33.1 Å². The second kappa shape index (κ2) is 5.70. The van der Waals surface area contributed by atoms with Crippen LogP contribution in [0, 0.1) is 6.92 Å². The second-order valence-corrected chi connectivity index (χ2v) is 7.33. The molecule has 5 nitrogen and oxygen atoms in total. The van der Waals surface area contributed by atoms with Crippen LogP contribution < -0.4 is 5.56 Å². The third kappa shape index (κ3) is 3.22. The number of H-pyrrole nitrogens is 1. The SMILES string of the molecule is Cc1csc2nc(C=Cc3cnc(C(C)(C)C)nc3)[nH]c(=O)c12. The van der Waals surface area contributed by atoms with Gasteiger partial charge >= 0.3 is 0 Å². The molecule has 6 heteroatoms. The highest BCUT2D eigenvalue weighted by molar-refractivity contribution is 7.16. The smallest absolute Gasteiger partial charge is 0.260 e. The van der Waals surface area contributed by atoms with Crippen LogP contribution in [0.15, 0.2) is 22.6 Å². The van der Waals surface area contributed by atoms with Crippen molar-refractivity contribution in [1.29, 1.82) is 0 Å². The Bertz CT molecular complexity index is 930. The molecular formula is C17H18N4OS. The highest BCUT2D eigenvalue weighted by atomic mass is 32.1. The molecule has 0 aliphatic rings. The van der Waals surface area contributed by atoms with Crippen molar-refractivity contribution in [3.63, 3.8) is 0 Å². The van der Waals surface area contributed by atoms with Gasteiger partial charge in [0.05, 0.1) is 5.39 Å². The number of aromatic nitrogens is 4. The molecule has 23 heavy (non-hydrogen) atoms. The van der Waals surface area contributed by atoms with Crippen LogP contribution in [-0.2, 0) is 5.41 Å². The summed E-state index contributed by atoms with van der Waals surface area (Å²) in [5.74, 6) is 1.33. The number of hydrogen-bond donors (Lipinski definition) is 1. The monoisotopic (exact) mass is 326 g/mol. The molecule has 1 N–H and O–H groups in total. The number of rotatable bonds is 2. The van der Waals surface area contributed by atoms with Crippen molar-refractivity contribution in [3.8, 4) is 0 Å². The lowest BCUT2D eigenvalue weighted by molar-refractivity contribution is 0.545. The Kier molecular flexibility index (Phi) is 3.85. The minimum atomic E-state index is -0.104. The summed E-state index contributed by atoms with van der Waals surface area (Å²) in [7, 11) is 0. The molecule has 0 saturated heterocycles. The summed E-state index contributed by atoms with van der Waals surface area (Å²) in [5.41, 5.74) is 1.65. The maximum Gasteiger partial charge on any atom is 0.260 e. The predicted molar refractivity (Wildman–Crippen MR) is 94.6 cm³/mol. The Hall–Kier alpha value is -2.34. The first-order valence-electron chi connectivity index (χ1n) is 7.33. The van der Waals surface area contributed by atoms with Crippen LogP contribution in [0.2, 0.25) is 0 Å². The number of aryl methyl sites for hydroxylation is 1. The topological polar surface area (TPSA) is 71.5 Å². The molecule has 0 bridgehead atoms. The first kappa shape index (κ1) is 15.6. The Labute approximate surface area is 138 Å². The lowest BCUT2D eigenvalue weighted by Gasteiger charge is -2.15. The quantitative estimate of drug-likeness (QED) is 0.781. The molecule has 0 fully saturated rings. The number of fused-ring (bicyclic) bond motifs is 1. The van der Waals surface area contributed by atoms with Gasteiger partial charge in [0, 0.05) is 23.4 Å². The van der Waals surface area contributed by atoms with Gasteiger partial charge in [0.25, 0.3) is 5.56 Å². The maximum atomic E-state index is 12.1. The van der Waals surface area contributed by atoms with Crippen molar-refractivity contribution in [2.24, 2.45) is 0 Å². The molecule has 0 saturated carbocycles. The molecule has 3 aromatic rings. The molecule has 0 aromatic carbocycles. The van der Waals surface area contributed by atoms with Crippen molar-refractivity contribution >= 4 is 33.7 Å². The van der Waals surface area contributed by atoms with E-state index in [1.54, 1.807) is 18.5 Å². The third-order valence-corrected chi connectivity index (χ3v) is 4.41. The molecule has 0 radical (unpaired) electrons. The number of hydrogen-bond acceptors (Lipinski definition) is 5. The van der Waals surface area contributed by atoms with Gasteiger partial charge in [-0.25, -0.2) is 15.0 Å². The molecule has 3 aromatic heterocycles. The molecule has 3 rings (SSSR count). The zero-order valence-corrected chi connectivity index (χ0v) is 14.4. The van der Waals surface area contributed by atoms with E-state index in [0.29, 0.717) is 11.2 Å². The zero-order valence-electron chi connectivity index (χ0n) is 13.5. The van der Waals surface area contributed by atoms with Crippen LogP contribution in [-0.4, -0.2) is 19.9 Å². The van der Waals surface area contributed by atoms with Gasteiger partial charge < -0.3 is 4.98 Å². The number of thiophene rings is 1. The standard InChI is InChI=1S/C17H18N4OS/c1-10-9-23-15-13(10)14(22)20-12(21-15)6-5-11-7-18-16(19-8-11)17(2,3)4/h5-9H,1-4H3,(H,20,21,22). The van der Waals surface area contributed by atoms with Gasteiger partial charge in [-0.1, -0.05) is 20.8 Å². The molecule has 0 spiro atoms. The van der Waals surface area contributed by atoms with Gasteiger partial charge in [-0.2, -0.15) is 0 Å². The van der Waals surface area contributed by atoms with Crippen molar-refractivity contribution in [3.05, 3.63) is 50.9 Å². The number of nitrogens with zero attached hydrogens (tertiary/aromatic N) is 3. The highest BCUT2D eigenvalue weighted by Gasteiger charge is 2.16. The third-order valence-electron chi connectivity index (χ3n) is 3.42. The summed E-state index contributed by atoms with van der Waals surface area (Å²) in [6.07, 6.45) is 7.16. The van der Waals surface area contributed by atoms with Crippen LogP contribution in [0.3, 0.4) is 0 Å². The van der Waals surface area contributed by atoms with Crippen LogP contribution in [0.1, 0.15) is 43.5 Å². The summed E-state index contributed by atoms with van der Waals surface area (Å²) in [5, 5.41) is 2.62. The van der Waals surface area contributed by atoms with Crippen LogP contribution in [0.5, 0.6) is 0 Å². The Balaban J connectivity index is 1.89. The van der Waals surface area contributed by atoms with Gasteiger partial charge in [-0.15, -0.1) is 11.3 Å². The molecule has 118 valence electrons. The molecule has 0 aliphatic heterocycles. The van der Waals surface area contributed by atoms with E-state index in [0.717, 1.165) is 21.8 Å². The summed E-state index contributed by atoms with van der Waals surface area (Å²) >= 11 is 1.48. The molecule has 0 aliphatic carbocycles. The van der Waals surface area contributed by atoms with E-state index >= 15 is 0 Å².